The Morgan fingerprint density at radius 2 is 1.74 bits per heavy atom. The van der Waals surface area contributed by atoms with Crippen LogP contribution >= 0.6 is 11.6 Å². The van der Waals surface area contributed by atoms with E-state index < -0.39 is 6.04 Å². The van der Waals surface area contributed by atoms with Crippen LogP contribution in [0.1, 0.15) is 37.5 Å². The minimum absolute atomic E-state index is 0.290. The van der Waals surface area contributed by atoms with Gasteiger partial charge in [-0.25, -0.2) is 15.6 Å². The Morgan fingerprint density at radius 1 is 1.06 bits per heavy atom. The molecule has 8 heteroatoms. The smallest absolute Gasteiger partial charge is 0.319 e. The number of halogens is 1. The van der Waals surface area contributed by atoms with Gasteiger partial charge in [0.05, 0.1) is 11.4 Å². The molecule has 35 heavy (non-hydrogen) atoms. The van der Waals surface area contributed by atoms with Crippen molar-refractivity contribution in [3.63, 3.8) is 0 Å². The molecule has 0 fully saturated rings. The molecule has 4 N–H and O–H groups in total. The van der Waals surface area contributed by atoms with Gasteiger partial charge in [-0.05, 0) is 56.7 Å². The molecule has 4 rings (SSSR count). The van der Waals surface area contributed by atoms with Crippen molar-refractivity contribution in [1.29, 1.82) is 0 Å². The molecule has 3 aromatic rings. The summed E-state index contributed by atoms with van der Waals surface area (Å²) in [6, 6.07) is 21.2. The van der Waals surface area contributed by atoms with Crippen molar-refractivity contribution in [1.82, 2.24) is 5.32 Å². The molecule has 0 aromatic heterocycles. The molecule has 0 aliphatic carbocycles. The van der Waals surface area contributed by atoms with Crippen LogP contribution in [0, 0.1) is 0 Å². The summed E-state index contributed by atoms with van der Waals surface area (Å²) in [7, 11) is 0. The number of nitrogens with zero attached hydrogens (tertiary/aromatic N) is 2. The number of nitrogens with one attached hydrogen (secondary N) is 2. The van der Waals surface area contributed by atoms with E-state index in [0.717, 1.165) is 16.1 Å². The largest absolute Gasteiger partial charge is 0.333 e. The Kier molecular flexibility index (Phi) is 6.91. The highest BCUT2D eigenvalue weighted by molar-refractivity contribution is 6.32. The summed E-state index contributed by atoms with van der Waals surface area (Å²) in [6.45, 7) is 5.74. The number of hydrazine groups is 1. The molecule has 1 heterocycles. The van der Waals surface area contributed by atoms with Gasteiger partial charge in [0.25, 0.3) is 5.91 Å². The fourth-order valence-electron chi connectivity index (χ4n) is 3.88. The van der Waals surface area contributed by atoms with Gasteiger partial charge in [0.2, 0.25) is 0 Å². The Morgan fingerprint density at radius 3 is 2.40 bits per heavy atom. The molecule has 3 amide bonds. The monoisotopic (exact) mass is 489 g/mol. The molecule has 0 spiro atoms. The van der Waals surface area contributed by atoms with Crippen molar-refractivity contribution < 1.29 is 9.59 Å². The van der Waals surface area contributed by atoms with Crippen molar-refractivity contribution >= 4 is 40.6 Å². The van der Waals surface area contributed by atoms with Crippen molar-refractivity contribution in [3.8, 4) is 0 Å². The zero-order valence-corrected chi connectivity index (χ0v) is 20.6. The molecule has 7 nitrogen and oxygen atoms in total. The number of anilines is 2. The lowest BCUT2D eigenvalue weighted by Gasteiger charge is -2.21. The molecule has 3 aromatic carbocycles. The van der Waals surface area contributed by atoms with E-state index in [-0.39, 0.29) is 17.5 Å². The SMILES string of the molecule is CC(C)(C)NC(=O)Nc1ccc(C2=NC(Cc3ccccc3)C(=O)N(N)c3ccc(Cl)cc32)cc1. The van der Waals surface area contributed by atoms with E-state index in [1.54, 1.807) is 30.3 Å². The Hall–Kier alpha value is -3.68. The van der Waals surface area contributed by atoms with E-state index in [0.29, 0.717) is 34.1 Å². The number of fused-ring (bicyclic) bond motifs is 1. The number of amides is 3. The van der Waals surface area contributed by atoms with Crippen molar-refractivity contribution in [2.24, 2.45) is 10.8 Å². The molecule has 0 saturated carbocycles. The molecular weight excluding hydrogens is 462 g/mol. The van der Waals surface area contributed by atoms with Gasteiger partial charge >= 0.3 is 6.03 Å². The molecule has 1 aliphatic rings. The first-order valence-corrected chi connectivity index (χ1v) is 11.7. The Balaban J connectivity index is 1.71. The topological polar surface area (TPSA) is 99.8 Å². The number of carbonyl (C=O) groups is 2. The second-order valence-corrected chi connectivity index (χ2v) is 9.90. The van der Waals surface area contributed by atoms with Gasteiger partial charge < -0.3 is 10.6 Å². The predicted octanol–water partition coefficient (Wildman–Crippen LogP) is 4.93. The van der Waals surface area contributed by atoms with Gasteiger partial charge in [-0.2, -0.15) is 0 Å². The van der Waals surface area contributed by atoms with Crippen LogP contribution in [0.25, 0.3) is 0 Å². The molecule has 1 atom stereocenters. The van der Waals surface area contributed by atoms with Crippen LogP contribution in [0.15, 0.2) is 77.8 Å². The fourth-order valence-corrected chi connectivity index (χ4v) is 4.05. The second-order valence-electron chi connectivity index (χ2n) is 9.46. The van der Waals surface area contributed by atoms with Crippen LogP contribution in [0.4, 0.5) is 16.2 Å². The van der Waals surface area contributed by atoms with Crippen LogP contribution in [0.2, 0.25) is 5.02 Å². The van der Waals surface area contributed by atoms with E-state index in [9.17, 15) is 9.59 Å². The minimum atomic E-state index is -0.709. The third-order valence-electron chi connectivity index (χ3n) is 5.46. The van der Waals surface area contributed by atoms with Gasteiger partial charge in [-0.3, -0.25) is 9.79 Å². The fraction of sp³-hybridized carbons (Fsp3) is 0.222. The summed E-state index contributed by atoms with van der Waals surface area (Å²) in [4.78, 5) is 30.4. The van der Waals surface area contributed by atoms with Crippen LogP contribution in [0.5, 0.6) is 0 Å². The van der Waals surface area contributed by atoms with Gasteiger partial charge in [0, 0.05) is 33.8 Å². The van der Waals surface area contributed by atoms with Gasteiger partial charge in [0.1, 0.15) is 6.04 Å². The number of rotatable bonds is 4. The first-order chi connectivity index (χ1) is 16.6. The summed E-state index contributed by atoms with van der Waals surface area (Å²) < 4.78 is 0. The summed E-state index contributed by atoms with van der Waals surface area (Å²) in [6.07, 6.45) is 0.408. The summed E-state index contributed by atoms with van der Waals surface area (Å²) >= 11 is 6.31. The zero-order valence-electron chi connectivity index (χ0n) is 19.9. The first-order valence-electron chi connectivity index (χ1n) is 11.3. The number of hydrogen-bond acceptors (Lipinski definition) is 4. The van der Waals surface area contributed by atoms with Gasteiger partial charge in [0.15, 0.2) is 0 Å². The Bertz CT molecular complexity index is 1270. The minimum Gasteiger partial charge on any atom is -0.333 e. The lowest BCUT2D eigenvalue weighted by molar-refractivity contribution is -0.119. The number of nitrogens with two attached hydrogens (primary N) is 1. The lowest BCUT2D eigenvalue weighted by Crippen LogP contribution is -2.43. The molecule has 0 bridgehead atoms. The average Bonchev–Trinajstić information content (AvgIpc) is 2.89. The van der Waals surface area contributed by atoms with E-state index in [1.165, 1.54) is 0 Å². The number of hydrogen-bond donors (Lipinski definition) is 3. The maximum Gasteiger partial charge on any atom is 0.319 e. The molecule has 1 aliphatic heterocycles. The van der Waals surface area contributed by atoms with E-state index in [1.807, 2.05) is 63.2 Å². The van der Waals surface area contributed by atoms with Crippen molar-refractivity contribution in [2.75, 3.05) is 10.3 Å². The third kappa shape index (κ3) is 5.88. The summed E-state index contributed by atoms with van der Waals surface area (Å²) in [5, 5.41) is 7.36. The molecule has 0 radical (unpaired) electrons. The lowest BCUT2D eigenvalue weighted by atomic mass is 10.00. The first kappa shape index (κ1) is 24.4. The Labute approximate surface area is 210 Å². The van der Waals surface area contributed by atoms with E-state index >= 15 is 0 Å². The summed E-state index contributed by atoms with van der Waals surface area (Å²) in [5.41, 5.74) is 3.84. The van der Waals surface area contributed by atoms with Crippen LogP contribution < -0.4 is 21.5 Å². The normalized spacial score (nSPS) is 15.7. The second kappa shape index (κ2) is 9.90. The third-order valence-corrected chi connectivity index (χ3v) is 5.69. The predicted molar refractivity (Wildman–Crippen MR) is 141 cm³/mol. The highest BCUT2D eigenvalue weighted by atomic mass is 35.5. The number of benzodiazepines with no additional fused rings is 1. The highest BCUT2D eigenvalue weighted by Crippen LogP contribution is 2.30. The van der Waals surface area contributed by atoms with Crippen LogP contribution in [-0.2, 0) is 11.2 Å². The highest BCUT2D eigenvalue weighted by Gasteiger charge is 2.31. The van der Waals surface area contributed by atoms with Crippen molar-refractivity contribution in [2.45, 2.75) is 38.8 Å². The number of aliphatic imine (C=N–C) groups is 1. The quantitative estimate of drug-likeness (QED) is 0.358. The maximum atomic E-state index is 13.3. The van der Waals surface area contributed by atoms with Crippen LogP contribution in [0.3, 0.4) is 0 Å². The van der Waals surface area contributed by atoms with Crippen molar-refractivity contribution in [3.05, 3.63) is 94.5 Å². The van der Waals surface area contributed by atoms with Gasteiger partial charge in [-0.1, -0.05) is 54.1 Å². The maximum absolute atomic E-state index is 13.3. The zero-order chi connectivity index (χ0) is 25.2. The number of carbonyl (C=O) groups excluding carboxylic acids is 2. The van der Waals surface area contributed by atoms with E-state index in [4.69, 9.17) is 22.4 Å². The standard InChI is InChI=1S/C27H28ClN5O2/c1-27(2,3)32-26(35)30-20-12-9-18(10-13-20)24-21-16-19(28)11-14-23(21)33(29)25(34)22(31-24)15-17-7-5-4-6-8-17/h4-14,16,22H,15,29H2,1-3H3,(H2,30,32,35). The molecular formula is C27H28ClN5O2. The summed E-state index contributed by atoms with van der Waals surface area (Å²) in [5.74, 6) is 5.97. The molecule has 0 saturated heterocycles. The molecule has 1 unspecified atom stereocenters. The van der Waals surface area contributed by atoms with E-state index in [2.05, 4.69) is 10.6 Å². The average molecular weight is 490 g/mol. The number of benzene rings is 3. The number of urea groups is 1. The van der Waals surface area contributed by atoms with Crippen LogP contribution in [-0.4, -0.2) is 29.2 Å². The van der Waals surface area contributed by atoms with Gasteiger partial charge in [-0.15, -0.1) is 0 Å². The molecule has 180 valence electrons.